The molecule has 182 valence electrons. The van der Waals surface area contributed by atoms with Crippen LogP contribution in [-0.4, -0.2) is 81.5 Å². The Morgan fingerprint density at radius 3 is 2.56 bits per heavy atom. The van der Waals surface area contributed by atoms with Crippen molar-refractivity contribution in [3.63, 3.8) is 0 Å². The van der Waals surface area contributed by atoms with Crippen LogP contribution in [0.5, 0.6) is 0 Å². The van der Waals surface area contributed by atoms with Gasteiger partial charge in [-0.1, -0.05) is 11.3 Å². The Kier molecular flexibility index (Phi) is 6.10. The van der Waals surface area contributed by atoms with Gasteiger partial charge in [-0.2, -0.15) is 5.10 Å². The third kappa shape index (κ3) is 4.56. The van der Waals surface area contributed by atoms with Crippen molar-refractivity contribution < 1.29 is 13.6 Å². The van der Waals surface area contributed by atoms with Crippen LogP contribution in [0, 0.1) is 0 Å². The Morgan fingerprint density at radius 2 is 1.94 bits per heavy atom. The molecule has 0 atom stereocenters. The van der Waals surface area contributed by atoms with E-state index in [-0.39, 0.29) is 16.6 Å². The van der Waals surface area contributed by atoms with Crippen LogP contribution in [0.1, 0.15) is 31.2 Å². The van der Waals surface area contributed by atoms with E-state index in [1.807, 2.05) is 15.5 Å². The Balaban J connectivity index is 1.48. The van der Waals surface area contributed by atoms with E-state index in [0.717, 1.165) is 40.4 Å². The molecule has 0 unspecified atom stereocenters. The molecule has 2 aliphatic rings. The summed E-state index contributed by atoms with van der Waals surface area (Å²) >= 11 is 2.45. The van der Waals surface area contributed by atoms with E-state index in [0.29, 0.717) is 36.8 Å². The van der Waals surface area contributed by atoms with E-state index in [1.165, 1.54) is 0 Å². The van der Waals surface area contributed by atoms with Gasteiger partial charge in [0.1, 0.15) is 5.82 Å². The fourth-order valence-electron chi connectivity index (χ4n) is 3.81. The number of piperazine rings is 1. The zero-order valence-corrected chi connectivity index (χ0v) is 20.8. The standard InChI is InChI=1S/C21H26F2N8OS2/c1-21(4-5-21)27-34-13-10-15-14(18-25-26-19(33-18)17(22)23)12-24-31(15)16(11-13)29-6-8-30(9-7-29)20(32)28(2)3/h10-12,17,27H,4-9H2,1-3H3. The molecule has 34 heavy (non-hydrogen) atoms. The lowest BCUT2D eigenvalue weighted by atomic mass is 10.2. The molecule has 2 fully saturated rings. The highest BCUT2D eigenvalue weighted by Gasteiger charge is 2.37. The van der Waals surface area contributed by atoms with Crippen LogP contribution in [0.25, 0.3) is 16.1 Å². The van der Waals surface area contributed by atoms with Crippen molar-refractivity contribution in [1.82, 2.24) is 34.3 Å². The van der Waals surface area contributed by atoms with Crippen LogP contribution < -0.4 is 9.62 Å². The topological polar surface area (TPSA) is 81.9 Å². The van der Waals surface area contributed by atoms with E-state index in [9.17, 15) is 13.6 Å². The smallest absolute Gasteiger partial charge is 0.319 e. The van der Waals surface area contributed by atoms with Crippen molar-refractivity contribution in [2.75, 3.05) is 45.2 Å². The maximum absolute atomic E-state index is 13.1. The summed E-state index contributed by atoms with van der Waals surface area (Å²) in [6, 6.07) is 4.09. The second-order valence-electron chi connectivity index (χ2n) is 9.07. The Hall–Kier alpha value is -2.51. The quantitative estimate of drug-likeness (QED) is 0.508. The van der Waals surface area contributed by atoms with Gasteiger partial charge in [-0.05, 0) is 43.8 Å². The Bertz CT molecular complexity index is 1200. The normalized spacial score (nSPS) is 17.6. The summed E-state index contributed by atoms with van der Waals surface area (Å²) in [6.07, 6.45) is 1.27. The molecular formula is C21H26F2N8OS2. The molecule has 1 saturated heterocycles. The highest BCUT2D eigenvalue weighted by molar-refractivity contribution is 7.97. The number of urea groups is 1. The summed E-state index contributed by atoms with van der Waals surface area (Å²) in [6.45, 7) is 4.73. The predicted octanol–water partition coefficient (Wildman–Crippen LogP) is 3.74. The third-order valence-electron chi connectivity index (χ3n) is 6.10. The summed E-state index contributed by atoms with van der Waals surface area (Å²) < 4.78 is 31.6. The van der Waals surface area contributed by atoms with Crippen LogP contribution in [0.4, 0.5) is 19.4 Å². The first-order valence-electron chi connectivity index (χ1n) is 11.0. The van der Waals surface area contributed by atoms with Gasteiger partial charge in [-0.15, -0.1) is 10.2 Å². The van der Waals surface area contributed by atoms with Gasteiger partial charge in [-0.25, -0.2) is 18.1 Å². The number of nitrogens with zero attached hydrogens (tertiary/aromatic N) is 7. The van der Waals surface area contributed by atoms with Gasteiger partial charge in [0.15, 0.2) is 10.0 Å². The molecule has 0 bridgehead atoms. The lowest BCUT2D eigenvalue weighted by Crippen LogP contribution is -2.51. The fraction of sp³-hybridized carbons (Fsp3) is 0.524. The average Bonchev–Trinajstić information content (AvgIpc) is 3.20. The van der Waals surface area contributed by atoms with E-state index in [1.54, 1.807) is 37.1 Å². The number of rotatable bonds is 6. The lowest BCUT2D eigenvalue weighted by molar-refractivity contribution is 0.150. The fourth-order valence-corrected chi connectivity index (χ4v) is 5.43. The highest BCUT2D eigenvalue weighted by atomic mass is 32.2. The second kappa shape index (κ2) is 8.93. The molecule has 3 aromatic heterocycles. The van der Waals surface area contributed by atoms with Gasteiger partial charge >= 0.3 is 6.03 Å². The molecule has 0 radical (unpaired) electrons. The number of fused-ring (bicyclic) bond motifs is 1. The van der Waals surface area contributed by atoms with E-state index in [2.05, 4.69) is 37.9 Å². The molecule has 1 aliphatic heterocycles. The Labute approximate surface area is 204 Å². The zero-order chi connectivity index (χ0) is 24.0. The minimum atomic E-state index is -2.65. The molecule has 1 aliphatic carbocycles. The Morgan fingerprint density at radius 1 is 1.21 bits per heavy atom. The molecule has 4 heterocycles. The average molecular weight is 509 g/mol. The van der Waals surface area contributed by atoms with Crippen molar-refractivity contribution >= 4 is 40.7 Å². The zero-order valence-electron chi connectivity index (χ0n) is 19.2. The van der Waals surface area contributed by atoms with E-state index in [4.69, 9.17) is 0 Å². The largest absolute Gasteiger partial charge is 0.353 e. The number of pyridine rings is 1. The van der Waals surface area contributed by atoms with Gasteiger partial charge < -0.3 is 14.7 Å². The summed E-state index contributed by atoms with van der Waals surface area (Å²) in [5, 5.41) is 12.3. The first-order chi connectivity index (χ1) is 16.2. The molecule has 3 aromatic rings. The van der Waals surface area contributed by atoms with Crippen LogP contribution in [0.2, 0.25) is 0 Å². The molecule has 2 amide bonds. The van der Waals surface area contributed by atoms with Crippen molar-refractivity contribution in [2.45, 2.75) is 36.6 Å². The number of alkyl halides is 2. The van der Waals surface area contributed by atoms with Gasteiger partial charge in [0.2, 0.25) is 0 Å². The van der Waals surface area contributed by atoms with Crippen molar-refractivity contribution in [1.29, 1.82) is 0 Å². The molecule has 9 nitrogen and oxygen atoms in total. The molecule has 0 aromatic carbocycles. The summed E-state index contributed by atoms with van der Waals surface area (Å²) in [7, 11) is 3.51. The van der Waals surface area contributed by atoms with Crippen molar-refractivity contribution in [3.05, 3.63) is 23.3 Å². The third-order valence-corrected chi connectivity index (χ3v) is 8.13. The summed E-state index contributed by atoms with van der Waals surface area (Å²) in [5.41, 5.74) is 1.60. The van der Waals surface area contributed by atoms with Gasteiger partial charge in [0, 0.05) is 50.7 Å². The van der Waals surface area contributed by atoms with Crippen LogP contribution in [-0.2, 0) is 0 Å². The summed E-state index contributed by atoms with van der Waals surface area (Å²) in [5.74, 6) is 0.893. The van der Waals surface area contributed by atoms with E-state index < -0.39 is 6.43 Å². The molecule has 1 N–H and O–H groups in total. The number of carbonyl (C=O) groups is 1. The number of hydrogen-bond donors (Lipinski definition) is 1. The van der Waals surface area contributed by atoms with Gasteiger partial charge in [-0.3, -0.25) is 4.72 Å². The number of halogens is 2. The minimum Gasteiger partial charge on any atom is -0.353 e. The molecule has 0 spiro atoms. The SMILES string of the molecule is CN(C)C(=O)N1CCN(c2cc(SNC3(C)CC3)cc3c(-c4nnc(C(F)F)s4)cnn23)CC1. The molecular weight excluding hydrogens is 482 g/mol. The first kappa shape index (κ1) is 23.2. The van der Waals surface area contributed by atoms with Gasteiger partial charge in [0.25, 0.3) is 6.43 Å². The maximum Gasteiger partial charge on any atom is 0.319 e. The number of aromatic nitrogens is 4. The van der Waals surface area contributed by atoms with Crippen LogP contribution >= 0.6 is 23.3 Å². The predicted molar refractivity (Wildman–Crippen MR) is 129 cm³/mol. The second-order valence-corrected chi connectivity index (χ2v) is 11.0. The number of anilines is 1. The number of hydrogen-bond acceptors (Lipinski definition) is 8. The molecule has 13 heteroatoms. The van der Waals surface area contributed by atoms with Crippen molar-refractivity contribution in [2.24, 2.45) is 0 Å². The summed E-state index contributed by atoms with van der Waals surface area (Å²) in [4.78, 5) is 19.0. The van der Waals surface area contributed by atoms with Crippen LogP contribution in [0.3, 0.4) is 0 Å². The number of carbonyl (C=O) groups excluding carboxylic acids is 1. The molecule has 1 saturated carbocycles. The number of amides is 2. The minimum absolute atomic E-state index is 0.00320. The monoisotopic (exact) mass is 508 g/mol. The van der Waals surface area contributed by atoms with E-state index >= 15 is 0 Å². The highest BCUT2D eigenvalue weighted by Crippen LogP contribution is 2.39. The molecule has 5 rings (SSSR count). The number of nitrogens with one attached hydrogen (secondary N) is 1. The lowest BCUT2D eigenvalue weighted by Gasteiger charge is -2.37. The van der Waals surface area contributed by atoms with Crippen LogP contribution in [0.15, 0.2) is 23.2 Å². The van der Waals surface area contributed by atoms with Crippen molar-refractivity contribution in [3.8, 4) is 10.6 Å². The van der Waals surface area contributed by atoms with Gasteiger partial charge in [0.05, 0.1) is 17.3 Å². The maximum atomic E-state index is 13.1. The first-order valence-corrected chi connectivity index (χ1v) is 12.7.